The molecule has 0 aromatic carbocycles. The molecule has 14 atom stereocenters. The van der Waals surface area contributed by atoms with Crippen molar-refractivity contribution in [1.29, 1.82) is 0 Å². The molecule has 1 aliphatic heterocycles. The number of aliphatic hydroxyl groups excluding tert-OH is 3. The molecular weight excluding hydrogens is 484 g/mol. The van der Waals surface area contributed by atoms with Crippen molar-refractivity contribution in [2.24, 2.45) is 46.3 Å². The van der Waals surface area contributed by atoms with E-state index in [1.54, 1.807) is 13.0 Å². The van der Waals surface area contributed by atoms with Crippen LogP contribution in [0.4, 0.5) is 0 Å². The normalized spacial score (nSPS) is 54.4. The van der Waals surface area contributed by atoms with Crippen LogP contribution in [0.3, 0.4) is 0 Å². The minimum Gasteiger partial charge on any atom is -0.394 e. The van der Waals surface area contributed by atoms with Gasteiger partial charge in [0.2, 0.25) is 0 Å². The summed E-state index contributed by atoms with van der Waals surface area (Å²) in [4.78, 5) is 13.5. The van der Waals surface area contributed by atoms with E-state index in [-0.39, 0.29) is 53.5 Å². The predicted molar refractivity (Wildman–Crippen MR) is 141 cm³/mol. The van der Waals surface area contributed by atoms with Gasteiger partial charge in [0.05, 0.1) is 36.1 Å². The zero-order valence-corrected chi connectivity index (χ0v) is 23.5. The van der Waals surface area contributed by atoms with Gasteiger partial charge in [0.25, 0.3) is 0 Å². The number of ether oxygens (including phenoxy) is 1. The molecule has 0 amide bonds. The fraction of sp³-hybridized carbons (Fsp3) is 0.903. The topological polar surface area (TPSA) is 127 Å². The summed E-state index contributed by atoms with van der Waals surface area (Å²) < 4.78 is 6.09. The highest BCUT2D eigenvalue weighted by atomic mass is 16.5. The highest BCUT2D eigenvalue weighted by molar-refractivity contribution is 5.95. The first-order chi connectivity index (χ1) is 17.8. The molecule has 6 aliphatic rings. The van der Waals surface area contributed by atoms with Gasteiger partial charge in [0.1, 0.15) is 6.10 Å². The quantitative estimate of drug-likeness (QED) is 0.377. The molecule has 14 unspecified atom stereocenters. The Balaban J connectivity index is 1.38. The Bertz CT molecular complexity index is 1010. The van der Waals surface area contributed by atoms with E-state index in [1.807, 2.05) is 13.8 Å². The minimum absolute atomic E-state index is 0.0292. The molecular formula is C31H48O7. The van der Waals surface area contributed by atoms with Crippen molar-refractivity contribution in [2.75, 3.05) is 6.61 Å². The lowest BCUT2D eigenvalue weighted by Gasteiger charge is -2.65. The summed E-state index contributed by atoms with van der Waals surface area (Å²) in [6.07, 6.45) is 5.76. The molecule has 38 heavy (non-hydrogen) atoms. The molecule has 0 radical (unpaired) electrons. The van der Waals surface area contributed by atoms with Crippen LogP contribution in [-0.4, -0.2) is 73.5 Å². The van der Waals surface area contributed by atoms with E-state index in [9.17, 15) is 30.3 Å². The molecule has 214 valence electrons. The molecule has 0 aromatic heterocycles. The van der Waals surface area contributed by atoms with E-state index < -0.39 is 34.9 Å². The molecule has 5 N–H and O–H groups in total. The summed E-state index contributed by atoms with van der Waals surface area (Å²) in [5, 5.41) is 56.7. The monoisotopic (exact) mass is 532 g/mol. The van der Waals surface area contributed by atoms with Crippen molar-refractivity contribution in [2.45, 2.75) is 121 Å². The second-order valence-corrected chi connectivity index (χ2v) is 14.6. The first-order valence-corrected chi connectivity index (χ1v) is 15.1. The van der Waals surface area contributed by atoms with Gasteiger partial charge in [-0.15, -0.1) is 0 Å². The second kappa shape index (κ2) is 8.83. The molecule has 4 saturated carbocycles. The maximum absolute atomic E-state index is 13.5. The van der Waals surface area contributed by atoms with E-state index in [1.165, 1.54) is 0 Å². The third kappa shape index (κ3) is 3.38. The van der Waals surface area contributed by atoms with Gasteiger partial charge in [-0.1, -0.05) is 27.2 Å². The lowest BCUT2D eigenvalue weighted by Crippen LogP contribution is -2.66. The number of fused-ring (bicyclic) bond motifs is 6. The minimum atomic E-state index is -1.50. The zero-order valence-electron chi connectivity index (χ0n) is 23.5. The smallest absolute Gasteiger partial charge is 0.159 e. The van der Waals surface area contributed by atoms with Crippen LogP contribution < -0.4 is 0 Å². The van der Waals surface area contributed by atoms with E-state index in [4.69, 9.17) is 4.74 Å². The van der Waals surface area contributed by atoms with Gasteiger partial charge in [0, 0.05) is 11.3 Å². The Morgan fingerprint density at radius 3 is 2.58 bits per heavy atom. The number of carbonyl (C=O) groups excluding carboxylic acids is 1. The fourth-order valence-corrected chi connectivity index (χ4v) is 11.0. The Morgan fingerprint density at radius 2 is 1.89 bits per heavy atom. The standard InChI is InChI=1S/C31H48O7/c1-16-17(2)26(38-23(16)15-32)27(35)29(4,36)24-8-11-31(37)21-13-22(34)20-12-19(33)7-10-28(20,3)25(21)18-6-5-9-30(24,31)14-18/h13,16-20,23-27,32-33,35-37H,5-12,14-15H2,1-4H3. The highest BCUT2D eigenvalue weighted by Gasteiger charge is 2.73. The highest BCUT2D eigenvalue weighted by Crippen LogP contribution is 2.73. The maximum Gasteiger partial charge on any atom is 0.159 e. The molecule has 7 heteroatoms. The van der Waals surface area contributed by atoms with Crippen LogP contribution in [-0.2, 0) is 9.53 Å². The number of carbonyl (C=O) groups is 1. The third-order valence-corrected chi connectivity index (χ3v) is 13.1. The maximum atomic E-state index is 13.5. The summed E-state index contributed by atoms with van der Waals surface area (Å²) in [5.41, 5.74) is -2.69. The molecule has 1 heterocycles. The molecule has 1 saturated heterocycles. The summed E-state index contributed by atoms with van der Waals surface area (Å²) in [6, 6.07) is 0. The lowest BCUT2D eigenvalue weighted by molar-refractivity contribution is -0.216. The predicted octanol–water partition coefficient (Wildman–Crippen LogP) is 2.75. The number of allylic oxidation sites excluding steroid dienone is 1. The second-order valence-electron chi connectivity index (χ2n) is 14.6. The molecule has 2 bridgehead atoms. The number of rotatable bonds is 4. The Labute approximate surface area is 226 Å². The van der Waals surface area contributed by atoms with Crippen LogP contribution in [0.2, 0.25) is 0 Å². The van der Waals surface area contributed by atoms with Crippen LogP contribution in [0.1, 0.15) is 85.5 Å². The third-order valence-electron chi connectivity index (χ3n) is 13.1. The number of ketones is 1. The van der Waals surface area contributed by atoms with Gasteiger partial charge in [-0.3, -0.25) is 4.79 Å². The molecule has 6 rings (SSSR count). The molecule has 5 aliphatic carbocycles. The Kier molecular flexibility index (Phi) is 6.36. The summed E-state index contributed by atoms with van der Waals surface area (Å²) in [5.74, 6) is -0.0683. The van der Waals surface area contributed by atoms with Gasteiger partial charge in [-0.05, 0) is 105 Å². The number of hydrogen-bond acceptors (Lipinski definition) is 7. The Morgan fingerprint density at radius 1 is 1.16 bits per heavy atom. The first kappa shape index (κ1) is 27.3. The van der Waals surface area contributed by atoms with Crippen molar-refractivity contribution >= 4 is 5.78 Å². The Hall–Kier alpha value is -0.830. The van der Waals surface area contributed by atoms with Gasteiger partial charge in [0.15, 0.2) is 5.78 Å². The average Bonchev–Trinajstić information content (AvgIpc) is 3.33. The van der Waals surface area contributed by atoms with Crippen molar-refractivity contribution in [1.82, 2.24) is 0 Å². The van der Waals surface area contributed by atoms with Crippen molar-refractivity contribution in [3.63, 3.8) is 0 Å². The molecule has 1 spiro atoms. The summed E-state index contributed by atoms with van der Waals surface area (Å²) in [6.45, 7) is 7.83. The van der Waals surface area contributed by atoms with Crippen molar-refractivity contribution in [3.8, 4) is 0 Å². The summed E-state index contributed by atoms with van der Waals surface area (Å²) >= 11 is 0. The number of aliphatic hydroxyl groups is 5. The van der Waals surface area contributed by atoms with Crippen LogP contribution in [0, 0.1) is 46.3 Å². The van der Waals surface area contributed by atoms with E-state index >= 15 is 0 Å². The van der Waals surface area contributed by atoms with Gasteiger partial charge in [-0.25, -0.2) is 0 Å². The van der Waals surface area contributed by atoms with Gasteiger partial charge < -0.3 is 30.3 Å². The van der Waals surface area contributed by atoms with Gasteiger partial charge in [-0.2, -0.15) is 0 Å². The van der Waals surface area contributed by atoms with Crippen LogP contribution in [0.25, 0.3) is 0 Å². The first-order valence-electron chi connectivity index (χ1n) is 15.1. The van der Waals surface area contributed by atoms with E-state index in [0.29, 0.717) is 31.6 Å². The van der Waals surface area contributed by atoms with Crippen LogP contribution >= 0.6 is 0 Å². The fourth-order valence-electron chi connectivity index (χ4n) is 11.0. The molecule has 5 fully saturated rings. The van der Waals surface area contributed by atoms with E-state index in [0.717, 1.165) is 37.7 Å². The SMILES string of the molecule is CC1C(CO)OC(C(O)C(C)(O)C2CCC3(O)C4=CC(=O)C5CC(O)CCC5(C)C4C4CCCC23C4)C1C. The zero-order chi connectivity index (χ0) is 27.4. The van der Waals surface area contributed by atoms with Crippen molar-refractivity contribution in [3.05, 3.63) is 11.6 Å². The van der Waals surface area contributed by atoms with Crippen LogP contribution in [0.15, 0.2) is 11.6 Å². The molecule has 0 aromatic rings. The van der Waals surface area contributed by atoms with Gasteiger partial charge >= 0.3 is 0 Å². The lowest BCUT2D eigenvalue weighted by atomic mass is 9.40. The largest absolute Gasteiger partial charge is 0.394 e. The summed E-state index contributed by atoms with van der Waals surface area (Å²) in [7, 11) is 0. The van der Waals surface area contributed by atoms with Crippen molar-refractivity contribution < 1.29 is 35.1 Å². The van der Waals surface area contributed by atoms with Crippen LogP contribution in [0.5, 0.6) is 0 Å². The van der Waals surface area contributed by atoms with E-state index in [2.05, 4.69) is 6.92 Å². The number of hydrogen-bond donors (Lipinski definition) is 5. The molecule has 7 nitrogen and oxygen atoms in total. The average molecular weight is 533 g/mol.